The summed E-state index contributed by atoms with van der Waals surface area (Å²) < 4.78 is 0. The lowest BCUT2D eigenvalue weighted by atomic mass is 10.0. The highest BCUT2D eigenvalue weighted by molar-refractivity contribution is 5.52. The molecule has 0 saturated carbocycles. The Labute approximate surface area is 108 Å². The van der Waals surface area contributed by atoms with Crippen LogP contribution in [0.3, 0.4) is 0 Å². The van der Waals surface area contributed by atoms with E-state index in [0.717, 1.165) is 12.1 Å². The van der Waals surface area contributed by atoms with Gasteiger partial charge in [0.1, 0.15) is 0 Å². The van der Waals surface area contributed by atoms with E-state index in [2.05, 4.69) is 41.7 Å². The highest BCUT2D eigenvalue weighted by atomic mass is 16.3. The third kappa shape index (κ3) is 3.60. The number of benzene rings is 2. The van der Waals surface area contributed by atoms with Crippen LogP contribution in [0.15, 0.2) is 54.6 Å². The van der Waals surface area contributed by atoms with Gasteiger partial charge in [-0.25, -0.2) is 0 Å². The lowest BCUT2D eigenvalue weighted by Gasteiger charge is -2.13. The lowest BCUT2D eigenvalue weighted by Crippen LogP contribution is -2.16. The van der Waals surface area contributed by atoms with Gasteiger partial charge in [-0.15, -0.1) is 0 Å². The van der Waals surface area contributed by atoms with Gasteiger partial charge in [0.25, 0.3) is 0 Å². The van der Waals surface area contributed by atoms with Gasteiger partial charge < -0.3 is 10.4 Å². The van der Waals surface area contributed by atoms with Crippen molar-refractivity contribution in [2.24, 2.45) is 0 Å². The third-order valence-corrected chi connectivity index (χ3v) is 2.84. The highest BCUT2D eigenvalue weighted by Crippen LogP contribution is 2.18. The van der Waals surface area contributed by atoms with Crippen molar-refractivity contribution in [3.8, 4) is 0 Å². The van der Waals surface area contributed by atoms with Crippen molar-refractivity contribution < 1.29 is 5.11 Å². The zero-order chi connectivity index (χ0) is 12.8. The van der Waals surface area contributed by atoms with E-state index in [9.17, 15) is 5.11 Å². The zero-order valence-electron chi connectivity index (χ0n) is 10.6. The number of hydrogen-bond acceptors (Lipinski definition) is 2. The van der Waals surface area contributed by atoms with Gasteiger partial charge in [-0.1, -0.05) is 48.5 Å². The summed E-state index contributed by atoms with van der Waals surface area (Å²) in [6, 6.07) is 18.6. The first-order chi connectivity index (χ1) is 8.75. The van der Waals surface area contributed by atoms with Gasteiger partial charge in [0, 0.05) is 12.2 Å². The molecule has 18 heavy (non-hydrogen) atoms. The molecular formula is C16H19NO. The fourth-order valence-corrected chi connectivity index (χ4v) is 1.92. The van der Waals surface area contributed by atoms with Crippen LogP contribution in [0, 0.1) is 0 Å². The summed E-state index contributed by atoms with van der Waals surface area (Å²) in [4.78, 5) is 0. The molecule has 0 aliphatic rings. The van der Waals surface area contributed by atoms with Crippen LogP contribution >= 0.6 is 0 Å². The number of anilines is 1. The number of rotatable bonds is 5. The lowest BCUT2D eigenvalue weighted by molar-refractivity contribution is 0.208. The largest absolute Gasteiger partial charge is 0.392 e. The molecule has 94 valence electrons. The van der Waals surface area contributed by atoms with Crippen LogP contribution < -0.4 is 5.32 Å². The summed E-state index contributed by atoms with van der Waals surface area (Å²) in [7, 11) is 0. The van der Waals surface area contributed by atoms with Crippen LogP contribution in [-0.4, -0.2) is 17.8 Å². The van der Waals surface area contributed by atoms with Gasteiger partial charge in [0.05, 0.1) is 6.10 Å². The summed E-state index contributed by atoms with van der Waals surface area (Å²) in [5, 5.41) is 12.6. The van der Waals surface area contributed by atoms with Crippen molar-refractivity contribution in [2.75, 3.05) is 11.9 Å². The molecule has 0 bridgehead atoms. The highest BCUT2D eigenvalue weighted by Gasteiger charge is 2.03. The molecule has 2 heteroatoms. The molecule has 0 aliphatic heterocycles. The fourth-order valence-electron chi connectivity index (χ4n) is 1.92. The van der Waals surface area contributed by atoms with Gasteiger partial charge in [0.15, 0.2) is 0 Å². The second kappa shape index (κ2) is 6.22. The van der Waals surface area contributed by atoms with Gasteiger partial charge in [0.2, 0.25) is 0 Å². The number of hydrogen-bond donors (Lipinski definition) is 2. The van der Waals surface area contributed by atoms with Gasteiger partial charge in [-0.2, -0.15) is 0 Å². The Kier molecular flexibility index (Phi) is 4.37. The summed E-state index contributed by atoms with van der Waals surface area (Å²) >= 11 is 0. The average Bonchev–Trinajstić information content (AvgIpc) is 2.39. The van der Waals surface area contributed by atoms with Crippen LogP contribution in [0.2, 0.25) is 0 Å². The molecule has 2 nitrogen and oxygen atoms in total. The quantitative estimate of drug-likeness (QED) is 0.843. The van der Waals surface area contributed by atoms with Crippen molar-refractivity contribution in [2.45, 2.75) is 19.4 Å². The summed E-state index contributed by atoms with van der Waals surface area (Å²) in [6.45, 7) is 2.36. The molecule has 0 unspecified atom stereocenters. The molecule has 0 saturated heterocycles. The van der Waals surface area contributed by atoms with Crippen molar-refractivity contribution in [1.29, 1.82) is 0 Å². The van der Waals surface area contributed by atoms with E-state index in [1.807, 2.05) is 18.2 Å². The number of aliphatic hydroxyl groups excluding tert-OH is 1. The Bertz CT molecular complexity index is 479. The Morgan fingerprint density at radius 2 is 1.67 bits per heavy atom. The Morgan fingerprint density at radius 1 is 1.00 bits per heavy atom. The minimum absolute atomic E-state index is 0.338. The topological polar surface area (TPSA) is 32.3 Å². The van der Waals surface area contributed by atoms with Gasteiger partial charge in [-0.05, 0) is 30.5 Å². The molecule has 0 radical (unpaired) electrons. The smallest absolute Gasteiger partial charge is 0.0684 e. The number of nitrogens with one attached hydrogen (secondary N) is 1. The molecule has 0 aliphatic carbocycles. The Morgan fingerprint density at radius 3 is 2.39 bits per heavy atom. The van der Waals surface area contributed by atoms with E-state index < -0.39 is 0 Å². The molecule has 2 aromatic carbocycles. The molecule has 0 amide bonds. The average molecular weight is 241 g/mol. The van der Waals surface area contributed by atoms with Crippen molar-refractivity contribution in [3.63, 3.8) is 0 Å². The molecule has 2 aromatic rings. The molecule has 0 aromatic heterocycles. The first-order valence-corrected chi connectivity index (χ1v) is 6.29. The van der Waals surface area contributed by atoms with E-state index >= 15 is 0 Å². The minimum atomic E-state index is -0.338. The summed E-state index contributed by atoms with van der Waals surface area (Å²) in [5.74, 6) is 0. The molecule has 0 spiro atoms. The molecule has 1 atom stereocenters. The van der Waals surface area contributed by atoms with Crippen molar-refractivity contribution in [3.05, 3.63) is 65.7 Å². The number of aliphatic hydroxyl groups is 1. The summed E-state index contributed by atoms with van der Waals surface area (Å²) in [5.41, 5.74) is 3.65. The first-order valence-electron chi connectivity index (χ1n) is 6.29. The van der Waals surface area contributed by atoms with Gasteiger partial charge >= 0.3 is 0 Å². The van der Waals surface area contributed by atoms with Gasteiger partial charge in [-0.3, -0.25) is 0 Å². The molecular weight excluding hydrogens is 222 g/mol. The second-order valence-electron chi connectivity index (χ2n) is 4.55. The molecule has 2 rings (SSSR count). The van der Waals surface area contributed by atoms with E-state index in [4.69, 9.17) is 0 Å². The van der Waals surface area contributed by atoms with E-state index in [1.165, 1.54) is 11.1 Å². The maximum Gasteiger partial charge on any atom is 0.0684 e. The first kappa shape index (κ1) is 12.7. The molecule has 2 N–H and O–H groups in total. The fraction of sp³-hybridized carbons (Fsp3) is 0.250. The SMILES string of the molecule is C[C@H](O)CNc1ccccc1Cc1ccccc1. The maximum atomic E-state index is 9.33. The van der Waals surface area contributed by atoms with Crippen LogP contribution in [0.5, 0.6) is 0 Å². The molecule has 0 heterocycles. The Balaban J connectivity index is 2.12. The van der Waals surface area contributed by atoms with Crippen molar-refractivity contribution >= 4 is 5.69 Å². The van der Waals surface area contributed by atoms with Crippen molar-refractivity contribution in [1.82, 2.24) is 0 Å². The maximum absolute atomic E-state index is 9.33. The normalized spacial score (nSPS) is 12.1. The van der Waals surface area contributed by atoms with Crippen LogP contribution in [0.1, 0.15) is 18.1 Å². The van der Waals surface area contributed by atoms with E-state index in [-0.39, 0.29) is 6.10 Å². The Hall–Kier alpha value is -1.80. The summed E-state index contributed by atoms with van der Waals surface area (Å²) in [6.07, 6.45) is 0.568. The monoisotopic (exact) mass is 241 g/mol. The van der Waals surface area contributed by atoms with Crippen LogP contribution in [0.4, 0.5) is 5.69 Å². The zero-order valence-corrected chi connectivity index (χ0v) is 10.6. The van der Waals surface area contributed by atoms with Crippen LogP contribution in [0.25, 0.3) is 0 Å². The minimum Gasteiger partial charge on any atom is -0.392 e. The predicted octanol–water partition coefficient (Wildman–Crippen LogP) is 3.07. The second-order valence-corrected chi connectivity index (χ2v) is 4.55. The van der Waals surface area contributed by atoms with E-state index in [1.54, 1.807) is 6.92 Å². The standard InChI is InChI=1S/C16H19NO/c1-13(18)12-17-16-10-6-5-9-15(16)11-14-7-3-2-4-8-14/h2-10,13,17-18H,11-12H2,1H3/t13-/m0/s1. The van der Waals surface area contributed by atoms with Crippen LogP contribution in [-0.2, 0) is 6.42 Å². The third-order valence-electron chi connectivity index (χ3n) is 2.84. The van der Waals surface area contributed by atoms with E-state index in [0.29, 0.717) is 6.54 Å². The number of para-hydroxylation sites is 1. The molecule has 0 fully saturated rings. The predicted molar refractivity (Wildman–Crippen MR) is 75.9 cm³/mol.